The largest absolute Gasteiger partial charge is 0.381 e. The number of hydrogen-bond acceptors (Lipinski definition) is 3. The highest BCUT2D eigenvalue weighted by atomic mass is 35.5. The van der Waals surface area contributed by atoms with Gasteiger partial charge in [-0.25, -0.2) is 9.97 Å². The topological polar surface area (TPSA) is 39.9 Å². The number of para-hydroxylation sites is 1. The minimum Gasteiger partial charge on any atom is -0.381 e. The van der Waals surface area contributed by atoms with Gasteiger partial charge in [0, 0.05) is 25.3 Å². The van der Waals surface area contributed by atoms with Crippen LogP contribution in [0.3, 0.4) is 0 Å². The van der Waals surface area contributed by atoms with Crippen molar-refractivity contribution >= 4 is 22.8 Å². The first-order valence-electron chi connectivity index (χ1n) is 7.50. The molecule has 4 rings (SSSR count). The fourth-order valence-corrected chi connectivity index (χ4v) is 3.25. The van der Waals surface area contributed by atoms with E-state index in [9.17, 15) is 0 Å². The number of imidazole rings is 1. The Balaban J connectivity index is 1.96. The lowest BCUT2D eigenvalue weighted by molar-refractivity contribution is 0.0834. The Morgan fingerprint density at radius 1 is 1.09 bits per heavy atom. The molecule has 4 nitrogen and oxygen atoms in total. The second kappa shape index (κ2) is 5.71. The van der Waals surface area contributed by atoms with Crippen LogP contribution in [0.4, 0.5) is 0 Å². The molecule has 0 spiro atoms. The van der Waals surface area contributed by atoms with E-state index in [-0.39, 0.29) is 0 Å². The number of nitrogens with zero attached hydrogens (tertiary/aromatic N) is 3. The van der Waals surface area contributed by atoms with Gasteiger partial charge in [-0.05, 0) is 37.1 Å². The van der Waals surface area contributed by atoms with Crippen molar-refractivity contribution in [2.45, 2.75) is 18.8 Å². The van der Waals surface area contributed by atoms with Crippen LogP contribution in [0.1, 0.15) is 24.6 Å². The highest BCUT2D eigenvalue weighted by molar-refractivity contribution is 6.32. The molecule has 0 aliphatic carbocycles. The smallest absolute Gasteiger partial charge is 0.164 e. The fourth-order valence-electron chi connectivity index (χ4n) is 3.03. The lowest BCUT2D eigenvalue weighted by Crippen LogP contribution is -2.17. The molecule has 1 aliphatic heterocycles. The summed E-state index contributed by atoms with van der Waals surface area (Å²) in [6.07, 6.45) is 3.76. The zero-order chi connectivity index (χ0) is 14.9. The number of pyridine rings is 1. The number of hydrogen-bond donors (Lipinski definition) is 0. The second-order valence-corrected chi connectivity index (χ2v) is 5.90. The lowest BCUT2D eigenvalue weighted by atomic mass is 9.99. The van der Waals surface area contributed by atoms with Crippen LogP contribution >= 0.6 is 11.6 Å². The Hall–Kier alpha value is -1.91. The van der Waals surface area contributed by atoms with Gasteiger partial charge in [0.1, 0.15) is 11.3 Å². The summed E-state index contributed by atoms with van der Waals surface area (Å²) in [5, 5.41) is 0.709. The van der Waals surface area contributed by atoms with Crippen LogP contribution in [-0.4, -0.2) is 27.7 Å². The third-order valence-electron chi connectivity index (χ3n) is 4.12. The Labute approximate surface area is 133 Å². The van der Waals surface area contributed by atoms with E-state index in [1.807, 2.05) is 36.4 Å². The van der Waals surface area contributed by atoms with E-state index in [0.29, 0.717) is 10.9 Å². The molecule has 1 saturated heterocycles. The van der Waals surface area contributed by atoms with Gasteiger partial charge in [-0.15, -0.1) is 0 Å². The first-order chi connectivity index (χ1) is 10.8. The van der Waals surface area contributed by atoms with Gasteiger partial charge >= 0.3 is 0 Å². The van der Waals surface area contributed by atoms with E-state index in [4.69, 9.17) is 21.3 Å². The van der Waals surface area contributed by atoms with Crippen LogP contribution < -0.4 is 0 Å². The van der Waals surface area contributed by atoms with Gasteiger partial charge in [0.2, 0.25) is 0 Å². The summed E-state index contributed by atoms with van der Waals surface area (Å²) in [5.41, 5.74) is 2.70. The molecule has 3 heterocycles. The molecule has 22 heavy (non-hydrogen) atoms. The predicted octanol–water partition coefficient (Wildman–Crippen LogP) is 3.97. The Bertz CT molecular complexity index is 809. The molecule has 0 unspecified atom stereocenters. The van der Waals surface area contributed by atoms with Crippen LogP contribution in [-0.2, 0) is 4.74 Å². The standard InChI is InChI=1S/C17H16ClN3O/c18-13-4-1-2-6-15(13)21-16(12-7-10-22-11-8-12)20-14-5-3-9-19-17(14)21/h1-6,9,12H,7-8,10-11H2. The SMILES string of the molecule is Clc1ccccc1-n1c(C2CCOCC2)nc2cccnc21. The van der Waals surface area contributed by atoms with Crippen molar-refractivity contribution in [1.82, 2.24) is 14.5 Å². The molecule has 5 heteroatoms. The van der Waals surface area contributed by atoms with Crippen molar-refractivity contribution < 1.29 is 4.74 Å². The summed E-state index contributed by atoms with van der Waals surface area (Å²) in [7, 11) is 0. The molecule has 0 radical (unpaired) electrons. The summed E-state index contributed by atoms with van der Waals surface area (Å²) in [4.78, 5) is 9.36. The summed E-state index contributed by atoms with van der Waals surface area (Å²) < 4.78 is 7.59. The number of fused-ring (bicyclic) bond motifs is 1. The van der Waals surface area contributed by atoms with Gasteiger partial charge in [0.25, 0.3) is 0 Å². The molecular formula is C17H16ClN3O. The second-order valence-electron chi connectivity index (χ2n) is 5.49. The first kappa shape index (κ1) is 13.7. The van der Waals surface area contributed by atoms with Gasteiger partial charge in [0.05, 0.1) is 10.7 Å². The van der Waals surface area contributed by atoms with Gasteiger partial charge in [-0.1, -0.05) is 23.7 Å². The van der Waals surface area contributed by atoms with E-state index in [1.165, 1.54) is 0 Å². The van der Waals surface area contributed by atoms with Crippen molar-refractivity contribution in [3.63, 3.8) is 0 Å². The molecule has 1 fully saturated rings. The number of ether oxygens (including phenoxy) is 1. The quantitative estimate of drug-likeness (QED) is 0.718. The lowest BCUT2D eigenvalue weighted by Gasteiger charge is -2.22. The molecule has 3 aromatic rings. The van der Waals surface area contributed by atoms with E-state index < -0.39 is 0 Å². The third-order valence-corrected chi connectivity index (χ3v) is 4.44. The van der Waals surface area contributed by atoms with Gasteiger partial charge in [-0.3, -0.25) is 4.57 Å². The van der Waals surface area contributed by atoms with Crippen molar-refractivity contribution in [3.05, 3.63) is 53.4 Å². The molecule has 0 bridgehead atoms. The Morgan fingerprint density at radius 2 is 1.91 bits per heavy atom. The van der Waals surface area contributed by atoms with Crippen LogP contribution in [0.15, 0.2) is 42.6 Å². The summed E-state index contributed by atoms with van der Waals surface area (Å²) >= 11 is 6.43. The van der Waals surface area contributed by atoms with Gasteiger partial charge in [-0.2, -0.15) is 0 Å². The van der Waals surface area contributed by atoms with E-state index in [1.54, 1.807) is 6.20 Å². The minimum atomic E-state index is 0.374. The van der Waals surface area contributed by atoms with Gasteiger partial charge in [0.15, 0.2) is 5.65 Å². The average molecular weight is 314 g/mol. The van der Waals surface area contributed by atoms with Crippen molar-refractivity contribution in [2.24, 2.45) is 0 Å². The van der Waals surface area contributed by atoms with Crippen molar-refractivity contribution in [2.75, 3.05) is 13.2 Å². The number of aromatic nitrogens is 3. The highest BCUT2D eigenvalue weighted by Crippen LogP contribution is 2.33. The van der Waals surface area contributed by atoms with E-state index in [0.717, 1.165) is 48.7 Å². The van der Waals surface area contributed by atoms with Crippen molar-refractivity contribution in [1.29, 1.82) is 0 Å². The molecule has 0 saturated carbocycles. The number of halogens is 1. The predicted molar refractivity (Wildman–Crippen MR) is 86.7 cm³/mol. The maximum absolute atomic E-state index is 6.43. The monoisotopic (exact) mass is 313 g/mol. The van der Waals surface area contributed by atoms with Gasteiger partial charge < -0.3 is 4.74 Å². The first-order valence-corrected chi connectivity index (χ1v) is 7.88. The fraction of sp³-hybridized carbons (Fsp3) is 0.294. The molecule has 2 aromatic heterocycles. The number of rotatable bonds is 2. The Kier molecular flexibility index (Phi) is 3.56. The normalized spacial score (nSPS) is 16.2. The van der Waals surface area contributed by atoms with E-state index >= 15 is 0 Å². The molecule has 1 aromatic carbocycles. The highest BCUT2D eigenvalue weighted by Gasteiger charge is 2.24. The molecule has 1 aliphatic rings. The maximum Gasteiger partial charge on any atom is 0.164 e. The zero-order valence-corrected chi connectivity index (χ0v) is 12.8. The molecule has 0 atom stereocenters. The summed E-state index contributed by atoms with van der Waals surface area (Å²) in [5.74, 6) is 1.41. The van der Waals surface area contributed by atoms with Crippen LogP contribution in [0, 0.1) is 0 Å². The summed E-state index contributed by atoms with van der Waals surface area (Å²) in [6.45, 7) is 1.56. The molecule has 112 valence electrons. The van der Waals surface area contributed by atoms with Crippen LogP contribution in [0.5, 0.6) is 0 Å². The summed E-state index contributed by atoms with van der Waals surface area (Å²) in [6, 6.07) is 11.8. The average Bonchev–Trinajstić information content (AvgIpc) is 2.95. The maximum atomic E-state index is 6.43. The van der Waals surface area contributed by atoms with Crippen molar-refractivity contribution in [3.8, 4) is 5.69 Å². The Morgan fingerprint density at radius 3 is 2.73 bits per heavy atom. The van der Waals surface area contributed by atoms with Crippen LogP contribution in [0.25, 0.3) is 16.9 Å². The minimum absolute atomic E-state index is 0.374. The zero-order valence-electron chi connectivity index (χ0n) is 12.1. The molecule has 0 N–H and O–H groups in total. The van der Waals surface area contributed by atoms with E-state index in [2.05, 4.69) is 9.55 Å². The molecular weight excluding hydrogens is 298 g/mol. The third kappa shape index (κ3) is 2.28. The number of benzene rings is 1. The molecule has 0 amide bonds. The van der Waals surface area contributed by atoms with Crippen LogP contribution in [0.2, 0.25) is 5.02 Å².